The first-order valence-corrected chi connectivity index (χ1v) is 17.3. The Hall–Kier alpha value is -6.82. The molecular formula is C49H30N2. The Morgan fingerprint density at radius 3 is 1.29 bits per heavy atom. The highest BCUT2D eigenvalue weighted by Gasteiger charge is 2.53. The van der Waals surface area contributed by atoms with Gasteiger partial charge in [0.05, 0.1) is 17.0 Å². The molecule has 1 heterocycles. The first-order chi connectivity index (χ1) is 25.3. The highest BCUT2D eigenvalue weighted by molar-refractivity contribution is 6.01. The smallest absolute Gasteiger partial charge is 0.0991 e. The molecule has 51 heavy (non-hydrogen) atoms. The lowest BCUT2D eigenvalue weighted by atomic mass is 9.67. The van der Waals surface area contributed by atoms with Crippen molar-refractivity contribution in [3.8, 4) is 72.8 Å². The van der Waals surface area contributed by atoms with E-state index in [-0.39, 0.29) is 0 Å². The molecule has 2 aliphatic rings. The van der Waals surface area contributed by atoms with Crippen molar-refractivity contribution in [2.75, 3.05) is 0 Å². The second kappa shape index (κ2) is 11.4. The topological polar surface area (TPSA) is 36.7 Å². The minimum absolute atomic E-state index is 0.528. The Morgan fingerprint density at radius 2 is 0.804 bits per heavy atom. The summed E-state index contributed by atoms with van der Waals surface area (Å²) in [5.41, 5.74) is 19.8. The summed E-state index contributed by atoms with van der Waals surface area (Å²) < 4.78 is 0. The van der Waals surface area contributed by atoms with E-state index in [1.807, 2.05) is 24.4 Å². The molecule has 0 amide bonds. The lowest BCUT2D eigenvalue weighted by molar-refractivity contribution is 0.797. The van der Waals surface area contributed by atoms with Crippen LogP contribution < -0.4 is 0 Å². The van der Waals surface area contributed by atoms with Crippen LogP contribution in [0.2, 0.25) is 0 Å². The zero-order valence-electron chi connectivity index (χ0n) is 27.7. The number of fused-ring (bicyclic) bond motifs is 10. The first kappa shape index (κ1) is 29.1. The monoisotopic (exact) mass is 646 g/mol. The molecule has 2 nitrogen and oxygen atoms in total. The Labute approximate surface area is 297 Å². The molecule has 0 radical (unpaired) electrons. The van der Waals surface area contributed by atoms with Gasteiger partial charge in [-0.25, -0.2) is 0 Å². The highest BCUT2D eigenvalue weighted by Crippen LogP contribution is 2.66. The van der Waals surface area contributed by atoms with Gasteiger partial charge in [0.15, 0.2) is 0 Å². The molecule has 0 saturated carbocycles. The van der Waals surface area contributed by atoms with Crippen LogP contribution >= 0.6 is 0 Å². The molecule has 10 rings (SSSR count). The summed E-state index contributed by atoms with van der Waals surface area (Å²) in [4.78, 5) is 4.29. The molecule has 0 N–H and O–H groups in total. The van der Waals surface area contributed by atoms with Gasteiger partial charge < -0.3 is 0 Å². The normalized spacial score (nSPS) is 12.8. The van der Waals surface area contributed by atoms with E-state index in [4.69, 9.17) is 0 Å². The third-order valence-electron chi connectivity index (χ3n) is 10.9. The van der Waals surface area contributed by atoms with Gasteiger partial charge in [-0.1, -0.05) is 152 Å². The van der Waals surface area contributed by atoms with Crippen molar-refractivity contribution in [3.63, 3.8) is 0 Å². The van der Waals surface area contributed by atoms with Crippen LogP contribution in [0.15, 0.2) is 182 Å². The minimum atomic E-state index is -0.528. The number of benzene rings is 7. The van der Waals surface area contributed by atoms with Gasteiger partial charge in [-0.05, 0) is 107 Å². The third kappa shape index (κ3) is 4.26. The van der Waals surface area contributed by atoms with E-state index in [1.165, 1.54) is 72.3 Å². The molecule has 7 aromatic carbocycles. The van der Waals surface area contributed by atoms with Gasteiger partial charge in [0, 0.05) is 12.4 Å². The summed E-state index contributed by atoms with van der Waals surface area (Å²) in [5, 5.41) is 9.58. The van der Waals surface area contributed by atoms with Crippen LogP contribution in [0.4, 0.5) is 0 Å². The lowest BCUT2D eigenvalue weighted by Crippen LogP contribution is -2.27. The molecule has 0 unspecified atom stereocenters. The fourth-order valence-electron chi connectivity index (χ4n) is 8.70. The lowest BCUT2D eigenvalue weighted by Gasteiger charge is -2.33. The summed E-state index contributed by atoms with van der Waals surface area (Å²) in [6.45, 7) is 0. The van der Waals surface area contributed by atoms with Gasteiger partial charge in [-0.3, -0.25) is 4.98 Å². The van der Waals surface area contributed by atoms with Crippen LogP contribution in [-0.2, 0) is 5.41 Å². The average molecular weight is 647 g/mol. The molecule has 1 aromatic heterocycles. The van der Waals surface area contributed by atoms with E-state index in [2.05, 4.69) is 163 Å². The molecular weight excluding hydrogens is 617 g/mol. The standard InChI is InChI=1S/C49H30N2/c50-30-32-17-19-36(20-18-32)39-11-5-13-43-44-14-6-12-40(37-27-25-34(26-28-37)33-21-23-35(24-22-33)38-8-7-29-51-31-38)48(44)49(47(39)43)45-15-3-1-9-41(45)42-10-2-4-16-46(42)49/h1-29,31H. The molecule has 0 bridgehead atoms. The quantitative estimate of drug-likeness (QED) is 0.191. The van der Waals surface area contributed by atoms with E-state index in [1.54, 1.807) is 6.20 Å². The van der Waals surface area contributed by atoms with Gasteiger partial charge in [0.2, 0.25) is 0 Å². The van der Waals surface area contributed by atoms with Crippen molar-refractivity contribution in [2.24, 2.45) is 0 Å². The summed E-state index contributed by atoms with van der Waals surface area (Å²) in [5.74, 6) is 0. The van der Waals surface area contributed by atoms with Crippen LogP contribution in [0.1, 0.15) is 27.8 Å². The summed E-state index contributed by atoms with van der Waals surface area (Å²) in [7, 11) is 0. The Morgan fingerprint density at radius 1 is 0.373 bits per heavy atom. The van der Waals surface area contributed by atoms with Crippen molar-refractivity contribution in [2.45, 2.75) is 5.41 Å². The van der Waals surface area contributed by atoms with Crippen LogP contribution in [0.25, 0.3) is 66.8 Å². The number of nitrogens with zero attached hydrogens (tertiary/aromatic N) is 2. The van der Waals surface area contributed by atoms with Crippen LogP contribution in [0.3, 0.4) is 0 Å². The van der Waals surface area contributed by atoms with E-state index < -0.39 is 5.41 Å². The fraction of sp³-hybridized carbons (Fsp3) is 0.0204. The van der Waals surface area contributed by atoms with E-state index >= 15 is 0 Å². The van der Waals surface area contributed by atoms with Crippen LogP contribution in [-0.4, -0.2) is 4.98 Å². The average Bonchev–Trinajstić information content (AvgIpc) is 3.69. The maximum atomic E-state index is 9.58. The first-order valence-electron chi connectivity index (χ1n) is 17.3. The molecule has 236 valence electrons. The number of aromatic nitrogens is 1. The number of hydrogen-bond acceptors (Lipinski definition) is 2. The molecule has 2 aliphatic carbocycles. The molecule has 2 heteroatoms. The summed E-state index contributed by atoms with van der Waals surface area (Å²) in [6, 6.07) is 63.7. The highest BCUT2D eigenvalue weighted by atomic mass is 14.6. The van der Waals surface area contributed by atoms with Gasteiger partial charge >= 0.3 is 0 Å². The van der Waals surface area contributed by atoms with Crippen molar-refractivity contribution >= 4 is 0 Å². The van der Waals surface area contributed by atoms with Crippen molar-refractivity contribution in [1.29, 1.82) is 5.26 Å². The second-order valence-corrected chi connectivity index (χ2v) is 13.4. The van der Waals surface area contributed by atoms with Crippen molar-refractivity contribution < 1.29 is 0 Å². The molecule has 0 fully saturated rings. The van der Waals surface area contributed by atoms with Crippen molar-refractivity contribution in [3.05, 3.63) is 210 Å². The zero-order chi connectivity index (χ0) is 33.9. The molecule has 0 aliphatic heterocycles. The second-order valence-electron chi connectivity index (χ2n) is 13.4. The van der Waals surface area contributed by atoms with Crippen LogP contribution in [0.5, 0.6) is 0 Å². The maximum Gasteiger partial charge on any atom is 0.0991 e. The Balaban J connectivity index is 1.18. The van der Waals surface area contributed by atoms with Crippen molar-refractivity contribution in [1.82, 2.24) is 4.98 Å². The predicted molar refractivity (Wildman–Crippen MR) is 207 cm³/mol. The number of hydrogen-bond donors (Lipinski definition) is 0. The van der Waals surface area contributed by atoms with Gasteiger partial charge in [0.1, 0.15) is 0 Å². The van der Waals surface area contributed by atoms with E-state index in [9.17, 15) is 5.26 Å². The zero-order valence-corrected chi connectivity index (χ0v) is 27.7. The maximum absolute atomic E-state index is 9.58. The molecule has 1 spiro atoms. The number of pyridine rings is 1. The van der Waals surface area contributed by atoms with Gasteiger partial charge in [-0.2, -0.15) is 5.26 Å². The summed E-state index contributed by atoms with van der Waals surface area (Å²) >= 11 is 0. The van der Waals surface area contributed by atoms with Gasteiger partial charge in [-0.15, -0.1) is 0 Å². The molecule has 0 atom stereocenters. The minimum Gasteiger partial charge on any atom is -0.264 e. The molecule has 8 aromatic rings. The number of rotatable bonds is 4. The third-order valence-corrected chi connectivity index (χ3v) is 10.9. The van der Waals surface area contributed by atoms with E-state index in [0.717, 1.165) is 16.7 Å². The SMILES string of the molecule is N#Cc1ccc(-c2cccc3c2C2(c4ccccc4-c4ccccc42)c2c(-c4ccc(-c5ccc(-c6cccnc6)cc5)cc4)cccc2-3)cc1. The summed E-state index contributed by atoms with van der Waals surface area (Å²) in [6.07, 6.45) is 3.71. The van der Waals surface area contributed by atoms with Gasteiger partial charge in [0.25, 0.3) is 0 Å². The number of nitriles is 1. The van der Waals surface area contributed by atoms with Crippen LogP contribution in [0, 0.1) is 11.3 Å². The Bertz CT molecular complexity index is 2620. The predicted octanol–water partition coefficient (Wildman–Crippen LogP) is 12.0. The Kier molecular flexibility index (Phi) is 6.50. The van der Waals surface area contributed by atoms with E-state index in [0.29, 0.717) is 5.56 Å². The largest absolute Gasteiger partial charge is 0.264 e. The molecule has 0 saturated heterocycles. The fourth-order valence-corrected chi connectivity index (χ4v) is 8.70.